The molecule has 1 aliphatic carbocycles. The number of rotatable bonds is 10. The summed E-state index contributed by atoms with van der Waals surface area (Å²) in [5.41, 5.74) is 0.477. The fourth-order valence-corrected chi connectivity index (χ4v) is 3.55. The summed E-state index contributed by atoms with van der Waals surface area (Å²) in [5, 5.41) is 21.0. The molecule has 0 saturated carbocycles. The number of anilines is 1. The molecule has 2 N–H and O–H groups in total. The number of amides is 1. The molecule has 1 aliphatic rings. The van der Waals surface area contributed by atoms with E-state index in [1.165, 1.54) is 0 Å². The smallest absolute Gasteiger partial charge is 0.311 e. The van der Waals surface area contributed by atoms with Crippen molar-refractivity contribution in [2.45, 2.75) is 53.4 Å². The summed E-state index contributed by atoms with van der Waals surface area (Å²) >= 11 is 0. The molecular weight excluding hydrogens is 384 g/mol. The van der Waals surface area contributed by atoms with Crippen LogP contribution in [-0.2, 0) is 20.7 Å². The molecule has 0 aromatic heterocycles. The molecule has 0 bridgehead atoms. The number of benzene rings is 1. The first-order valence-corrected chi connectivity index (χ1v) is 10.2. The standard InChI is InChI=1S/C23H30N2O5/c1-15(14-24)13-23(4,21(29)30-10-9-26)8-7-22(2,3)20(28)25-17-6-5-16-11-19(27)18(16)12-17/h5-6,12,15,26H,7-11,13H2,1-4H3,(H,25,28). The first-order chi connectivity index (χ1) is 14.0. The Kier molecular flexibility index (Phi) is 7.38. The lowest BCUT2D eigenvalue weighted by Crippen LogP contribution is -2.37. The number of carbonyl (C=O) groups excluding carboxylic acids is 3. The number of esters is 1. The zero-order valence-corrected chi connectivity index (χ0v) is 18.1. The van der Waals surface area contributed by atoms with Gasteiger partial charge in [0.05, 0.1) is 18.1 Å². The molecule has 1 aromatic rings. The molecule has 0 radical (unpaired) electrons. The average Bonchev–Trinajstić information content (AvgIpc) is 2.70. The number of nitrogens with one attached hydrogen (secondary N) is 1. The molecule has 162 valence electrons. The lowest BCUT2D eigenvalue weighted by atomic mass is 9.73. The van der Waals surface area contributed by atoms with E-state index in [4.69, 9.17) is 9.84 Å². The van der Waals surface area contributed by atoms with Gasteiger partial charge in [-0.15, -0.1) is 0 Å². The Morgan fingerprint density at radius 2 is 2.00 bits per heavy atom. The second-order valence-corrected chi connectivity index (χ2v) is 8.96. The number of ether oxygens (including phenoxy) is 1. The van der Waals surface area contributed by atoms with Gasteiger partial charge in [-0.25, -0.2) is 0 Å². The summed E-state index contributed by atoms with van der Waals surface area (Å²) in [6.45, 7) is 6.69. The highest BCUT2D eigenvalue weighted by molar-refractivity contribution is 6.08. The number of nitriles is 1. The molecule has 0 heterocycles. The van der Waals surface area contributed by atoms with Gasteiger partial charge in [0.2, 0.25) is 5.91 Å². The minimum Gasteiger partial charge on any atom is -0.463 e. The average molecular weight is 415 g/mol. The van der Waals surface area contributed by atoms with Crippen LogP contribution in [0.3, 0.4) is 0 Å². The third-order valence-corrected chi connectivity index (χ3v) is 5.73. The summed E-state index contributed by atoms with van der Waals surface area (Å²) < 4.78 is 5.13. The highest BCUT2D eigenvalue weighted by Crippen LogP contribution is 2.38. The van der Waals surface area contributed by atoms with Gasteiger partial charge in [0.25, 0.3) is 0 Å². The second-order valence-electron chi connectivity index (χ2n) is 8.96. The SMILES string of the molecule is CC(C#N)CC(C)(CCC(C)(C)C(=O)Nc1ccc2c(c1)C(=O)C2)C(=O)OCCO. The first kappa shape index (κ1) is 23.6. The van der Waals surface area contributed by atoms with Crippen molar-refractivity contribution in [1.82, 2.24) is 0 Å². The molecule has 7 heteroatoms. The second kappa shape index (κ2) is 9.40. The predicted molar refractivity (Wildman–Crippen MR) is 112 cm³/mol. The monoisotopic (exact) mass is 414 g/mol. The molecule has 0 fully saturated rings. The highest BCUT2D eigenvalue weighted by Gasteiger charge is 2.39. The molecule has 7 nitrogen and oxygen atoms in total. The number of hydrogen-bond acceptors (Lipinski definition) is 6. The van der Waals surface area contributed by atoms with Crippen LogP contribution in [0.1, 0.15) is 62.9 Å². The quantitative estimate of drug-likeness (QED) is 0.568. The minimum atomic E-state index is -0.941. The molecule has 2 atom stereocenters. The van der Waals surface area contributed by atoms with Crippen molar-refractivity contribution in [3.05, 3.63) is 29.3 Å². The maximum Gasteiger partial charge on any atom is 0.311 e. The van der Waals surface area contributed by atoms with E-state index < -0.39 is 16.8 Å². The third-order valence-electron chi connectivity index (χ3n) is 5.73. The summed E-state index contributed by atoms with van der Waals surface area (Å²) in [7, 11) is 0. The van der Waals surface area contributed by atoms with E-state index >= 15 is 0 Å². The molecule has 30 heavy (non-hydrogen) atoms. The van der Waals surface area contributed by atoms with Crippen LogP contribution in [0.5, 0.6) is 0 Å². The lowest BCUT2D eigenvalue weighted by Gasteiger charge is -2.32. The highest BCUT2D eigenvalue weighted by atomic mass is 16.5. The van der Waals surface area contributed by atoms with Gasteiger partial charge in [-0.3, -0.25) is 14.4 Å². The number of nitrogens with zero attached hydrogens (tertiary/aromatic N) is 1. The van der Waals surface area contributed by atoms with E-state index in [-0.39, 0.29) is 30.8 Å². The van der Waals surface area contributed by atoms with Crippen LogP contribution >= 0.6 is 0 Å². The summed E-state index contributed by atoms with van der Waals surface area (Å²) in [4.78, 5) is 37.1. The number of carbonyl (C=O) groups is 3. The topological polar surface area (TPSA) is 116 Å². The van der Waals surface area contributed by atoms with E-state index in [9.17, 15) is 19.6 Å². The number of hydrogen-bond donors (Lipinski definition) is 2. The van der Waals surface area contributed by atoms with Gasteiger partial charge < -0.3 is 15.2 Å². The fourth-order valence-electron chi connectivity index (χ4n) is 3.55. The van der Waals surface area contributed by atoms with E-state index in [1.54, 1.807) is 39.8 Å². The third kappa shape index (κ3) is 5.45. The van der Waals surface area contributed by atoms with Crippen molar-refractivity contribution < 1.29 is 24.2 Å². The van der Waals surface area contributed by atoms with Gasteiger partial charge >= 0.3 is 5.97 Å². The number of aliphatic hydroxyl groups excluding tert-OH is 1. The number of Topliss-reactive ketones (excluding diaryl/α,β-unsaturated/α-hetero) is 1. The molecule has 1 amide bonds. The van der Waals surface area contributed by atoms with Crippen LogP contribution in [0.15, 0.2) is 18.2 Å². The van der Waals surface area contributed by atoms with Crippen molar-refractivity contribution in [3.63, 3.8) is 0 Å². The zero-order valence-electron chi connectivity index (χ0n) is 18.1. The van der Waals surface area contributed by atoms with Crippen LogP contribution in [-0.4, -0.2) is 36.0 Å². The lowest BCUT2D eigenvalue weighted by molar-refractivity contribution is -0.158. The molecule has 0 saturated heterocycles. The Hall–Kier alpha value is -2.72. The van der Waals surface area contributed by atoms with E-state index in [1.807, 2.05) is 6.07 Å². The predicted octanol–water partition coefficient (Wildman–Crippen LogP) is 3.26. The molecule has 1 aromatic carbocycles. The molecule has 2 unspecified atom stereocenters. The van der Waals surface area contributed by atoms with E-state index in [0.29, 0.717) is 36.9 Å². The van der Waals surface area contributed by atoms with Gasteiger partial charge in [0.15, 0.2) is 5.78 Å². The van der Waals surface area contributed by atoms with Gasteiger partial charge in [-0.05, 0) is 50.8 Å². The van der Waals surface area contributed by atoms with Crippen LogP contribution in [0.2, 0.25) is 0 Å². The summed E-state index contributed by atoms with van der Waals surface area (Å²) in [5.74, 6) is -0.970. The Morgan fingerprint density at radius 1 is 1.30 bits per heavy atom. The van der Waals surface area contributed by atoms with Gasteiger partial charge in [-0.2, -0.15) is 5.26 Å². The number of ketones is 1. The van der Waals surface area contributed by atoms with Crippen LogP contribution in [0, 0.1) is 28.1 Å². The molecular formula is C23H30N2O5. The van der Waals surface area contributed by atoms with Crippen LogP contribution in [0.4, 0.5) is 5.69 Å². The molecule has 0 spiro atoms. The van der Waals surface area contributed by atoms with Crippen LogP contribution < -0.4 is 5.32 Å². The number of aliphatic hydroxyl groups is 1. The molecule has 2 rings (SSSR count). The Labute approximate surface area is 177 Å². The Balaban J connectivity index is 2.06. The first-order valence-electron chi connectivity index (χ1n) is 10.2. The van der Waals surface area contributed by atoms with Crippen molar-refractivity contribution in [2.24, 2.45) is 16.7 Å². The van der Waals surface area contributed by atoms with Crippen molar-refractivity contribution in [2.75, 3.05) is 18.5 Å². The number of fused-ring (bicyclic) bond motifs is 1. The van der Waals surface area contributed by atoms with Crippen LogP contribution in [0.25, 0.3) is 0 Å². The Morgan fingerprint density at radius 3 is 2.60 bits per heavy atom. The van der Waals surface area contributed by atoms with Gasteiger partial charge in [0, 0.05) is 29.0 Å². The van der Waals surface area contributed by atoms with Crippen molar-refractivity contribution >= 4 is 23.3 Å². The minimum absolute atomic E-state index is 0.0733. The zero-order chi connectivity index (χ0) is 22.5. The van der Waals surface area contributed by atoms with Gasteiger partial charge in [-0.1, -0.05) is 19.9 Å². The van der Waals surface area contributed by atoms with Gasteiger partial charge in [0.1, 0.15) is 6.61 Å². The maximum absolute atomic E-state index is 12.9. The fraction of sp³-hybridized carbons (Fsp3) is 0.565. The normalized spacial score (nSPS) is 15.8. The van der Waals surface area contributed by atoms with Crippen molar-refractivity contribution in [3.8, 4) is 6.07 Å². The van der Waals surface area contributed by atoms with E-state index in [0.717, 1.165) is 5.56 Å². The molecule has 0 aliphatic heterocycles. The van der Waals surface area contributed by atoms with Crippen molar-refractivity contribution in [1.29, 1.82) is 5.26 Å². The summed E-state index contributed by atoms with van der Waals surface area (Å²) in [6, 6.07) is 7.46. The largest absolute Gasteiger partial charge is 0.463 e. The van der Waals surface area contributed by atoms with E-state index in [2.05, 4.69) is 11.4 Å². The maximum atomic E-state index is 12.9. The summed E-state index contributed by atoms with van der Waals surface area (Å²) in [6.07, 6.45) is 1.50. The Bertz CT molecular complexity index is 871.